The van der Waals surface area contributed by atoms with E-state index < -0.39 is 0 Å². The van der Waals surface area contributed by atoms with Crippen LogP contribution in [0.5, 0.6) is 0 Å². The largest absolute Gasteiger partial charge is 0.496 e. The van der Waals surface area contributed by atoms with E-state index in [0.717, 1.165) is 16.5 Å². The van der Waals surface area contributed by atoms with Gasteiger partial charge in [0.1, 0.15) is 0 Å². The summed E-state index contributed by atoms with van der Waals surface area (Å²) in [4.78, 5) is 4.54. The van der Waals surface area contributed by atoms with Crippen molar-refractivity contribution in [3.05, 3.63) is 24.5 Å². The average molecular weight is 286 g/mol. The predicted octanol–water partition coefficient (Wildman–Crippen LogP) is 2.92. The second-order valence-corrected chi connectivity index (χ2v) is 7.08. The quantitative estimate of drug-likeness (QED) is 0.796. The van der Waals surface area contributed by atoms with E-state index in [1.54, 1.807) is 0 Å². The van der Waals surface area contributed by atoms with Crippen molar-refractivity contribution in [3.8, 4) is 0 Å². The van der Waals surface area contributed by atoms with Gasteiger partial charge in [-0.3, -0.25) is 4.98 Å². The normalized spacial score (nSPS) is 20.6. The minimum absolute atomic E-state index is 0.327. The van der Waals surface area contributed by atoms with E-state index in [9.17, 15) is 0 Å². The molecule has 1 aliphatic rings. The summed E-state index contributed by atoms with van der Waals surface area (Å²) in [7, 11) is -0.359. The first kappa shape index (κ1) is 14.6. The highest BCUT2D eigenvalue weighted by molar-refractivity contribution is 6.62. The summed E-state index contributed by atoms with van der Waals surface area (Å²) in [5.74, 6) is 0. The molecule has 3 heterocycles. The number of fused-ring (bicyclic) bond motifs is 1. The molecule has 3 rings (SSSR count). The molecule has 0 aliphatic carbocycles. The number of nitrogens with zero attached hydrogens (tertiary/aromatic N) is 2. The van der Waals surface area contributed by atoms with Gasteiger partial charge in [0.25, 0.3) is 0 Å². The molecule has 0 amide bonds. The molecule has 0 unspecified atom stereocenters. The number of rotatable bonds is 2. The molecular formula is C16H23BN2O2. The van der Waals surface area contributed by atoms with Crippen molar-refractivity contribution < 1.29 is 9.31 Å². The van der Waals surface area contributed by atoms with Crippen LogP contribution in [-0.2, 0) is 9.31 Å². The highest BCUT2D eigenvalue weighted by Crippen LogP contribution is 2.36. The lowest BCUT2D eigenvalue weighted by molar-refractivity contribution is 0.00578. The molecule has 0 aromatic carbocycles. The van der Waals surface area contributed by atoms with Crippen LogP contribution in [-0.4, -0.2) is 27.9 Å². The number of aromatic nitrogens is 2. The Labute approximate surface area is 126 Å². The van der Waals surface area contributed by atoms with Crippen molar-refractivity contribution in [2.45, 2.75) is 58.8 Å². The Morgan fingerprint density at radius 1 is 1.14 bits per heavy atom. The first-order valence-electron chi connectivity index (χ1n) is 7.53. The van der Waals surface area contributed by atoms with Crippen LogP contribution >= 0.6 is 0 Å². The molecule has 0 radical (unpaired) electrons. The molecule has 5 heteroatoms. The minimum Gasteiger partial charge on any atom is -0.399 e. The Morgan fingerprint density at radius 2 is 1.76 bits per heavy atom. The van der Waals surface area contributed by atoms with Crippen LogP contribution in [0.15, 0.2) is 24.5 Å². The first-order chi connectivity index (χ1) is 9.71. The molecule has 0 atom stereocenters. The monoisotopic (exact) mass is 286 g/mol. The highest BCUT2D eigenvalue weighted by atomic mass is 16.7. The minimum atomic E-state index is -0.359. The van der Waals surface area contributed by atoms with E-state index >= 15 is 0 Å². The molecule has 0 spiro atoms. The predicted molar refractivity (Wildman–Crippen MR) is 85.8 cm³/mol. The lowest BCUT2D eigenvalue weighted by atomic mass is 9.80. The number of hydrogen-bond donors (Lipinski definition) is 0. The summed E-state index contributed by atoms with van der Waals surface area (Å²) in [6.45, 7) is 12.6. The zero-order chi connectivity index (χ0) is 15.4. The van der Waals surface area contributed by atoms with Crippen molar-refractivity contribution in [3.63, 3.8) is 0 Å². The van der Waals surface area contributed by atoms with E-state index in [1.165, 1.54) is 0 Å². The Kier molecular flexibility index (Phi) is 3.19. The van der Waals surface area contributed by atoms with Gasteiger partial charge in [-0.25, -0.2) is 0 Å². The first-order valence-corrected chi connectivity index (χ1v) is 7.53. The maximum Gasteiger partial charge on any atom is 0.496 e. The number of hydrogen-bond acceptors (Lipinski definition) is 3. The van der Waals surface area contributed by atoms with Crippen LogP contribution in [0.2, 0.25) is 0 Å². The van der Waals surface area contributed by atoms with Gasteiger partial charge in [0.2, 0.25) is 0 Å². The van der Waals surface area contributed by atoms with Crippen LogP contribution in [0.25, 0.3) is 11.0 Å². The SMILES string of the molecule is CC(C)n1ccc2ncc(B3OC(C)(C)C(C)(C)O3)cc21. The van der Waals surface area contributed by atoms with Gasteiger partial charge in [0.05, 0.1) is 22.2 Å². The lowest BCUT2D eigenvalue weighted by Gasteiger charge is -2.32. The smallest absolute Gasteiger partial charge is 0.399 e. The topological polar surface area (TPSA) is 36.3 Å². The second kappa shape index (κ2) is 4.58. The summed E-state index contributed by atoms with van der Waals surface area (Å²) in [5, 5.41) is 0. The van der Waals surface area contributed by atoms with Gasteiger partial charge in [-0.1, -0.05) is 0 Å². The molecule has 2 aromatic heterocycles. The van der Waals surface area contributed by atoms with Crippen molar-refractivity contribution in [1.29, 1.82) is 0 Å². The van der Waals surface area contributed by atoms with Gasteiger partial charge in [-0.15, -0.1) is 0 Å². The Bertz CT molecular complexity index is 660. The van der Waals surface area contributed by atoms with Crippen LogP contribution < -0.4 is 5.46 Å². The summed E-state index contributed by atoms with van der Waals surface area (Å²) in [5.41, 5.74) is 2.45. The third-order valence-electron chi connectivity index (χ3n) is 4.67. The third-order valence-corrected chi connectivity index (χ3v) is 4.67. The molecule has 0 N–H and O–H groups in total. The van der Waals surface area contributed by atoms with Crippen molar-refractivity contribution in [2.24, 2.45) is 0 Å². The van der Waals surface area contributed by atoms with Crippen LogP contribution in [0, 0.1) is 0 Å². The third kappa shape index (κ3) is 2.28. The van der Waals surface area contributed by atoms with Gasteiger partial charge < -0.3 is 13.9 Å². The molecule has 21 heavy (non-hydrogen) atoms. The van der Waals surface area contributed by atoms with E-state index in [2.05, 4.69) is 63.4 Å². The number of pyridine rings is 1. The molecule has 2 aromatic rings. The van der Waals surface area contributed by atoms with Crippen molar-refractivity contribution in [2.75, 3.05) is 0 Å². The maximum absolute atomic E-state index is 6.10. The molecule has 0 saturated carbocycles. The van der Waals surface area contributed by atoms with Crippen LogP contribution in [0.1, 0.15) is 47.6 Å². The lowest BCUT2D eigenvalue weighted by Crippen LogP contribution is -2.41. The second-order valence-electron chi connectivity index (χ2n) is 7.08. The van der Waals surface area contributed by atoms with E-state index in [4.69, 9.17) is 9.31 Å². The van der Waals surface area contributed by atoms with Crippen molar-refractivity contribution in [1.82, 2.24) is 9.55 Å². The maximum atomic E-state index is 6.10. The fraction of sp³-hybridized carbons (Fsp3) is 0.562. The highest BCUT2D eigenvalue weighted by Gasteiger charge is 2.51. The van der Waals surface area contributed by atoms with E-state index in [-0.39, 0.29) is 18.3 Å². The fourth-order valence-electron chi connectivity index (χ4n) is 2.60. The standard InChI is InChI=1S/C16H23BN2O2/c1-11(2)19-8-7-13-14(19)9-12(10-18-13)17-20-15(3,4)16(5,6)21-17/h7-11H,1-6H3. The van der Waals surface area contributed by atoms with Crippen LogP contribution in [0.4, 0.5) is 0 Å². The molecule has 1 fully saturated rings. The Morgan fingerprint density at radius 3 is 2.33 bits per heavy atom. The summed E-state index contributed by atoms with van der Waals surface area (Å²) in [6, 6.07) is 4.58. The van der Waals surface area contributed by atoms with Gasteiger partial charge in [0.15, 0.2) is 0 Å². The van der Waals surface area contributed by atoms with E-state index in [1.807, 2.05) is 12.3 Å². The molecular weight excluding hydrogens is 263 g/mol. The zero-order valence-electron chi connectivity index (χ0n) is 13.7. The molecule has 1 saturated heterocycles. The van der Waals surface area contributed by atoms with Gasteiger partial charge in [-0.05, 0) is 53.7 Å². The molecule has 112 valence electrons. The molecule has 0 bridgehead atoms. The van der Waals surface area contributed by atoms with Gasteiger partial charge in [-0.2, -0.15) is 0 Å². The summed E-state index contributed by atoms with van der Waals surface area (Å²) in [6.07, 6.45) is 3.94. The Balaban J connectivity index is 2.01. The van der Waals surface area contributed by atoms with E-state index in [0.29, 0.717) is 6.04 Å². The van der Waals surface area contributed by atoms with Crippen molar-refractivity contribution >= 4 is 23.6 Å². The molecule has 1 aliphatic heterocycles. The Hall–Kier alpha value is -1.33. The summed E-state index contributed by atoms with van der Waals surface area (Å²) >= 11 is 0. The van der Waals surface area contributed by atoms with Gasteiger partial charge >= 0.3 is 7.12 Å². The van der Waals surface area contributed by atoms with Crippen LogP contribution in [0.3, 0.4) is 0 Å². The van der Waals surface area contributed by atoms with Gasteiger partial charge in [0, 0.05) is 23.9 Å². The summed E-state index contributed by atoms with van der Waals surface area (Å²) < 4.78 is 14.4. The zero-order valence-corrected chi connectivity index (χ0v) is 13.7. The fourth-order valence-corrected chi connectivity index (χ4v) is 2.60. The average Bonchev–Trinajstić information content (AvgIpc) is 2.87. The molecule has 4 nitrogen and oxygen atoms in total.